The maximum Gasteiger partial charge on any atom is 0.382 e. The Morgan fingerprint density at radius 3 is 2.81 bits per heavy atom. The minimum absolute atomic E-state index is 0.0340. The number of halogens is 1. The van der Waals surface area contributed by atoms with Gasteiger partial charge >= 0.3 is 5.97 Å². The van der Waals surface area contributed by atoms with Crippen LogP contribution in [0.2, 0.25) is 0 Å². The number of carbonyl (C=O) groups is 1. The summed E-state index contributed by atoms with van der Waals surface area (Å²) in [6.45, 7) is 0. The number of nitrogens with two attached hydrogens (primary N) is 1. The molecule has 0 radical (unpaired) electrons. The number of aromatic nitrogens is 1. The summed E-state index contributed by atoms with van der Waals surface area (Å²) >= 11 is 3.25. The smallest absolute Gasteiger partial charge is 0.382 e. The quantitative estimate of drug-likeness (QED) is 0.675. The average Bonchev–Trinajstić information content (AvgIpc) is 2.68. The Morgan fingerprint density at radius 2 is 2.19 bits per heavy atom. The Bertz CT molecular complexity index is 524. The van der Waals surface area contributed by atoms with E-state index in [-0.39, 0.29) is 11.6 Å². The van der Waals surface area contributed by atoms with Gasteiger partial charge < -0.3 is 15.0 Å². The topological polar surface area (TPSA) is 78.4 Å². The van der Waals surface area contributed by atoms with Crippen LogP contribution in [0.3, 0.4) is 0 Å². The Labute approximate surface area is 99.3 Å². The van der Waals surface area contributed by atoms with Gasteiger partial charge in [0.15, 0.2) is 5.82 Å². The van der Waals surface area contributed by atoms with Gasteiger partial charge in [0.25, 0.3) is 0 Å². The number of carbonyl (C=O) groups excluding carboxylic acids is 1. The Kier molecular flexibility index (Phi) is 2.91. The number of benzene rings is 1. The second kappa shape index (κ2) is 4.36. The summed E-state index contributed by atoms with van der Waals surface area (Å²) < 4.78 is 10.4. The SMILES string of the molecule is Nc1cc(C(=O)Oc2ccccc2Br)on1. The van der Waals surface area contributed by atoms with Crippen molar-refractivity contribution in [2.45, 2.75) is 0 Å². The number of ether oxygens (including phenoxy) is 1. The maximum atomic E-state index is 11.5. The van der Waals surface area contributed by atoms with E-state index in [1.165, 1.54) is 6.07 Å². The van der Waals surface area contributed by atoms with Crippen molar-refractivity contribution in [2.75, 3.05) is 5.73 Å². The molecule has 0 aliphatic heterocycles. The van der Waals surface area contributed by atoms with Crippen molar-refractivity contribution in [3.8, 4) is 5.75 Å². The molecule has 1 aromatic heterocycles. The summed E-state index contributed by atoms with van der Waals surface area (Å²) in [6.07, 6.45) is 0. The molecule has 82 valence electrons. The molecule has 2 N–H and O–H groups in total. The normalized spacial score (nSPS) is 10.1. The molecule has 0 fully saturated rings. The lowest BCUT2D eigenvalue weighted by Crippen LogP contribution is -2.07. The van der Waals surface area contributed by atoms with Gasteiger partial charge in [-0.25, -0.2) is 4.79 Å². The molecular formula is C10H7BrN2O3. The molecule has 0 bridgehead atoms. The third-order valence-corrected chi connectivity index (χ3v) is 2.42. The van der Waals surface area contributed by atoms with E-state index in [1.807, 2.05) is 6.07 Å². The number of nitrogen functional groups attached to an aromatic ring is 1. The maximum absolute atomic E-state index is 11.5. The van der Waals surface area contributed by atoms with Gasteiger partial charge in [0, 0.05) is 6.07 Å². The lowest BCUT2D eigenvalue weighted by Gasteiger charge is -2.02. The van der Waals surface area contributed by atoms with E-state index in [4.69, 9.17) is 10.5 Å². The minimum atomic E-state index is -0.642. The molecule has 16 heavy (non-hydrogen) atoms. The van der Waals surface area contributed by atoms with Crippen LogP contribution in [-0.2, 0) is 0 Å². The summed E-state index contributed by atoms with van der Waals surface area (Å²) in [5.41, 5.74) is 5.32. The van der Waals surface area contributed by atoms with E-state index in [0.717, 1.165) is 0 Å². The van der Waals surface area contributed by atoms with Crippen LogP contribution in [0.1, 0.15) is 10.6 Å². The van der Waals surface area contributed by atoms with Crippen molar-refractivity contribution in [3.63, 3.8) is 0 Å². The van der Waals surface area contributed by atoms with E-state index in [0.29, 0.717) is 10.2 Å². The van der Waals surface area contributed by atoms with Crippen LogP contribution in [-0.4, -0.2) is 11.1 Å². The van der Waals surface area contributed by atoms with Gasteiger partial charge in [0.05, 0.1) is 4.47 Å². The second-order valence-electron chi connectivity index (χ2n) is 2.94. The molecule has 1 aromatic carbocycles. The van der Waals surface area contributed by atoms with Crippen LogP contribution in [0.15, 0.2) is 39.3 Å². The fraction of sp³-hybridized carbons (Fsp3) is 0. The molecule has 5 nitrogen and oxygen atoms in total. The molecule has 2 aromatic rings. The molecule has 0 aliphatic carbocycles. The van der Waals surface area contributed by atoms with Crippen LogP contribution in [0.4, 0.5) is 5.82 Å². The van der Waals surface area contributed by atoms with Gasteiger partial charge in [0.1, 0.15) is 5.75 Å². The van der Waals surface area contributed by atoms with E-state index < -0.39 is 5.97 Å². The van der Waals surface area contributed by atoms with Crippen molar-refractivity contribution < 1.29 is 14.1 Å². The monoisotopic (exact) mass is 282 g/mol. The highest BCUT2D eigenvalue weighted by Gasteiger charge is 2.15. The van der Waals surface area contributed by atoms with Crippen LogP contribution < -0.4 is 10.5 Å². The first-order valence-electron chi connectivity index (χ1n) is 4.36. The first-order chi connectivity index (χ1) is 7.66. The number of rotatable bonds is 2. The zero-order valence-electron chi connectivity index (χ0n) is 8.01. The fourth-order valence-electron chi connectivity index (χ4n) is 1.06. The molecule has 1 heterocycles. The van der Waals surface area contributed by atoms with Crippen molar-refractivity contribution in [1.82, 2.24) is 5.16 Å². The lowest BCUT2D eigenvalue weighted by molar-refractivity contribution is 0.0690. The molecule has 0 atom stereocenters. The fourth-order valence-corrected chi connectivity index (χ4v) is 1.43. The predicted octanol–water partition coefficient (Wildman–Crippen LogP) is 2.24. The molecule has 0 aliphatic rings. The molecule has 0 unspecified atom stereocenters. The second-order valence-corrected chi connectivity index (χ2v) is 3.79. The standard InChI is InChI=1S/C10H7BrN2O3/c11-6-3-1-2-4-7(6)15-10(14)8-5-9(12)13-16-8/h1-5H,(H2,12,13). The van der Waals surface area contributed by atoms with Crippen molar-refractivity contribution in [3.05, 3.63) is 40.6 Å². The zero-order chi connectivity index (χ0) is 11.5. The molecule has 6 heteroatoms. The summed E-state index contributed by atoms with van der Waals surface area (Å²) in [7, 11) is 0. The first kappa shape index (κ1) is 10.7. The highest BCUT2D eigenvalue weighted by Crippen LogP contribution is 2.24. The van der Waals surface area contributed by atoms with Crippen molar-refractivity contribution >= 4 is 27.7 Å². The lowest BCUT2D eigenvalue weighted by atomic mass is 10.3. The summed E-state index contributed by atoms with van der Waals surface area (Å²) in [5.74, 6) is -0.133. The Morgan fingerprint density at radius 1 is 1.44 bits per heavy atom. The average molecular weight is 283 g/mol. The Balaban J connectivity index is 2.17. The molecule has 0 amide bonds. The molecule has 0 saturated carbocycles. The van der Waals surface area contributed by atoms with Crippen LogP contribution in [0.25, 0.3) is 0 Å². The summed E-state index contributed by atoms with van der Waals surface area (Å²) in [6, 6.07) is 8.29. The number of para-hydroxylation sites is 1. The highest BCUT2D eigenvalue weighted by molar-refractivity contribution is 9.10. The summed E-state index contributed by atoms with van der Waals surface area (Å²) in [5, 5.41) is 3.39. The van der Waals surface area contributed by atoms with Crippen molar-refractivity contribution in [1.29, 1.82) is 0 Å². The van der Waals surface area contributed by atoms with Crippen LogP contribution >= 0.6 is 15.9 Å². The van der Waals surface area contributed by atoms with Gasteiger partial charge in [-0.2, -0.15) is 0 Å². The van der Waals surface area contributed by atoms with Gasteiger partial charge in [-0.1, -0.05) is 17.3 Å². The van der Waals surface area contributed by atoms with E-state index in [9.17, 15) is 4.79 Å². The van der Waals surface area contributed by atoms with Gasteiger partial charge in [-0.3, -0.25) is 0 Å². The number of anilines is 1. The van der Waals surface area contributed by atoms with Gasteiger partial charge in [0.2, 0.25) is 5.76 Å². The van der Waals surface area contributed by atoms with Gasteiger partial charge in [-0.05, 0) is 28.1 Å². The van der Waals surface area contributed by atoms with Crippen LogP contribution in [0, 0.1) is 0 Å². The number of esters is 1. The number of hydrogen-bond donors (Lipinski definition) is 1. The number of hydrogen-bond acceptors (Lipinski definition) is 5. The molecular weight excluding hydrogens is 276 g/mol. The third-order valence-electron chi connectivity index (χ3n) is 1.77. The van der Waals surface area contributed by atoms with E-state index in [1.54, 1.807) is 18.2 Å². The highest BCUT2D eigenvalue weighted by atomic mass is 79.9. The first-order valence-corrected chi connectivity index (χ1v) is 5.15. The van der Waals surface area contributed by atoms with Crippen molar-refractivity contribution in [2.24, 2.45) is 0 Å². The van der Waals surface area contributed by atoms with E-state index >= 15 is 0 Å². The molecule has 2 rings (SSSR count). The van der Waals surface area contributed by atoms with Crippen LogP contribution in [0.5, 0.6) is 5.75 Å². The molecule has 0 saturated heterocycles. The largest absolute Gasteiger partial charge is 0.419 e. The third kappa shape index (κ3) is 2.22. The molecule has 0 spiro atoms. The van der Waals surface area contributed by atoms with Gasteiger partial charge in [-0.15, -0.1) is 0 Å². The Hall–Kier alpha value is -1.82. The summed E-state index contributed by atoms with van der Waals surface area (Å²) in [4.78, 5) is 11.5. The predicted molar refractivity (Wildman–Crippen MR) is 60.0 cm³/mol. The minimum Gasteiger partial charge on any atom is -0.419 e. The van der Waals surface area contributed by atoms with E-state index in [2.05, 4.69) is 25.6 Å². The zero-order valence-corrected chi connectivity index (χ0v) is 9.60. The number of nitrogens with zero attached hydrogens (tertiary/aromatic N) is 1.